The fraction of sp³-hybridized carbons (Fsp3) is 0.583. The number of methoxy groups -OCH3 is 1. The molecule has 1 rings (SSSR count). The molecule has 5 heteroatoms. The first-order valence-electron chi connectivity index (χ1n) is 5.80. The molecule has 0 aliphatic carbocycles. The van der Waals surface area contributed by atoms with Gasteiger partial charge >= 0.3 is 0 Å². The van der Waals surface area contributed by atoms with Crippen molar-refractivity contribution in [1.29, 1.82) is 0 Å². The second kappa shape index (κ2) is 8.22. The maximum atomic E-state index is 11.3. The summed E-state index contributed by atoms with van der Waals surface area (Å²) in [6.07, 6.45) is 1.07. The van der Waals surface area contributed by atoms with Crippen LogP contribution < -0.4 is 10.6 Å². The van der Waals surface area contributed by atoms with Gasteiger partial charge in [0.1, 0.15) is 0 Å². The second-order valence-electron chi connectivity index (χ2n) is 3.67. The average molecular weight is 256 g/mol. The Morgan fingerprint density at radius 3 is 2.82 bits per heavy atom. The molecule has 0 aliphatic heterocycles. The molecule has 0 fully saturated rings. The molecule has 0 unspecified atom stereocenters. The summed E-state index contributed by atoms with van der Waals surface area (Å²) >= 11 is 1.79. The van der Waals surface area contributed by atoms with Gasteiger partial charge in [-0.2, -0.15) is 0 Å². The van der Waals surface area contributed by atoms with Crippen LogP contribution in [0.25, 0.3) is 0 Å². The molecule has 0 saturated carbocycles. The van der Waals surface area contributed by atoms with Crippen LogP contribution in [0.5, 0.6) is 0 Å². The molecule has 0 aliphatic rings. The van der Waals surface area contributed by atoms with Crippen LogP contribution in [0.1, 0.15) is 16.7 Å². The van der Waals surface area contributed by atoms with Crippen LogP contribution in [-0.2, 0) is 22.5 Å². The SMILES string of the molecule is CCc1ccc(CNCC(=O)NCCOC)s1. The first kappa shape index (κ1) is 14.2. The molecule has 96 valence electrons. The molecule has 0 radical (unpaired) electrons. The van der Waals surface area contributed by atoms with Crippen molar-refractivity contribution in [1.82, 2.24) is 10.6 Å². The van der Waals surface area contributed by atoms with Crippen LogP contribution in [-0.4, -0.2) is 32.7 Å². The molecule has 17 heavy (non-hydrogen) atoms. The fourth-order valence-corrected chi connectivity index (χ4v) is 2.29. The van der Waals surface area contributed by atoms with E-state index in [9.17, 15) is 4.79 Å². The average Bonchev–Trinajstić information content (AvgIpc) is 2.77. The molecule has 1 amide bonds. The first-order valence-corrected chi connectivity index (χ1v) is 6.61. The number of thiophene rings is 1. The number of hydrogen-bond donors (Lipinski definition) is 2. The van der Waals surface area contributed by atoms with E-state index in [0.717, 1.165) is 13.0 Å². The maximum absolute atomic E-state index is 11.3. The van der Waals surface area contributed by atoms with Gasteiger partial charge in [-0.25, -0.2) is 0 Å². The van der Waals surface area contributed by atoms with Crippen LogP contribution in [0, 0.1) is 0 Å². The molecule has 0 bridgehead atoms. The highest BCUT2D eigenvalue weighted by Gasteiger charge is 2.01. The summed E-state index contributed by atoms with van der Waals surface area (Å²) in [5, 5.41) is 5.89. The van der Waals surface area contributed by atoms with Crippen molar-refractivity contribution >= 4 is 17.2 Å². The Kier molecular flexibility index (Phi) is 6.84. The van der Waals surface area contributed by atoms with Gasteiger partial charge in [0.2, 0.25) is 5.91 Å². The van der Waals surface area contributed by atoms with Crippen LogP contribution in [0.15, 0.2) is 12.1 Å². The maximum Gasteiger partial charge on any atom is 0.234 e. The number of nitrogens with one attached hydrogen (secondary N) is 2. The minimum Gasteiger partial charge on any atom is -0.383 e. The van der Waals surface area contributed by atoms with Crippen molar-refractivity contribution in [3.05, 3.63) is 21.9 Å². The summed E-state index contributed by atoms with van der Waals surface area (Å²) in [6, 6.07) is 4.25. The van der Waals surface area contributed by atoms with E-state index in [1.54, 1.807) is 18.4 Å². The molecule has 0 spiro atoms. The monoisotopic (exact) mass is 256 g/mol. The lowest BCUT2D eigenvalue weighted by atomic mass is 10.3. The van der Waals surface area contributed by atoms with E-state index in [1.165, 1.54) is 9.75 Å². The third kappa shape index (κ3) is 5.81. The van der Waals surface area contributed by atoms with Gasteiger partial charge in [0.15, 0.2) is 0 Å². The predicted molar refractivity (Wildman–Crippen MR) is 70.3 cm³/mol. The molecule has 2 N–H and O–H groups in total. The van der Waals surface area contributed by atoms with Crippen molar-refractivity contribution in [3.63, 3.8) is 0 Å². The molecule has 0 aromatic carbocycles. The Bertz CT molecular complexity index is 339. The van der Waals surface area contributed by atoms with Crippen LogP contribution in [0.2, 0.25) is 0 Å². The summed E-state index contributed by atoms with van der Waals surface area (Å²) in [4.78, 5) is 14.0. The smallest absolute Gasteiger partial charge is 0.234 e. The fourth-order valence-electron chi connectivity index (χ4n) is 1.36. The lowest BCUT2D eigenvalue weighted by molar-refractivity contribution is -0.120. The van der Waals surface area contributed by atoms with E-state index in [4.69, 9.17) is 4.74 Å². The number of carbonyl (C=O) groups excluding carboxylic acids is 1. The van der Waals surface area contributed by atoms with E-state index in [0.29, 0.717) is 19.7 Å². The Labute approximate surface area is 106 Å². The third-order valence-corrected chi connectivity index (χ3v) is 3.51. The van der Waals surface area contributed by atoms with Gasteiger partial charge in [-0.3, -0.25) is 4.79 Å². The Balaban J connectivity index is 2.12. The van der Waals surface area contributed by atoms with Gasteiger partial charge < -0.3 is 15.4 Å². The molecular formula is C12H20N2O2S. The summed E-state index contributed by atoms with van der Waals surface area (Å²) in [7, 11) is 1.62. The lowest BCUT2D eigenvalue weighted by Gasteiger charge is -2.05. The van der Waals surface area contributed by atoms with E-state index in [-0.39, 0.29) is 5.91 Å². The summed E-state index contributed by atoms with van der Waals surface area (Å²) in [5.74, 6) is 0.00863. The largest absolute Gasteiger partial charge is 0.383 e. The standard InChI is InChI=1S/C12H20N2O2S/c1-3-10-4-5-11(17-10)8-13-9-12(15)14-6-7-16-2/h4-5,13H,3,6-9H2,1-2H3,(H,14,15). The number of hydrogen-bond acceptors (Lipinski definition) is 4. The molecule has 1 heterocycles. The number of amides is 1. The van der Waals surface area contributed by atoms with Crippen molar-refractivity contribution in [3.8, 4) is 0 Å². The summed E-state index contributed by atoms with van der Waals surface area (Å²) in [6.45, 7) is 4.37. The van der Waals surface area contributed by atoms with E-state index >= 15 is 0 Å². The Morgan fingerprint density at radius 2 is 2.18 bits per heavy atom. The van der Waals surface area contributed by atoms with Crippen LogP contribution >= 0.6 is 11.3 Å². The topological polar surface area (TPSA) is 50.4 Å². The molecule has 0 saturated heterocycles. The van der Waals surface area contributed by atoms with Gasteiger partial charge in [-0.1, -0.05) is 6.92 Å². The first-order chi connectivity index (χ1) is 8.26. The third-order valence-electron chi connectivity index (χ3n) is 2.28. The number of rotatable bonds is 8. The minimum atomic E-state index is 0.00863. The highest BCUT2D eigenvalue weighted by molar-refractivity contribution is 7.11. The van der Waals surface area contributed by atoms with E-state index in [1.807, 2.05) is 0 Å². The molecule has 4 nitrogen and oxygen atoms in total. The van der Waals surface area contributed by atoms with Gasteiger partial charge in [-0.05, 0) is 18.6 Å². The molecule has 1 aromatic rings. The van der Waals surface area contributed by atoms with Crippen molar-refractivity contribution < 1.29 is 9.53 Å². The zero-order valence-corrected chi connectivity index (χ0v) is 11.2. The lowest BCUT2D eigenvalue weighted by Crippen LogP contribution is -2.35. The number of ether oxygens (including phenoxy) is 1. The minimum absolute atomic E-state index is 0.00863. The molecule has 0 atom stereocenters. The van der Waals surface area contributed by atoms with Gasteiger partial charge in [-0.15, -0.1) is 11.3 Å². The Hall–Kier alpha value is -0.910. The number of aryl methyl sites for hydroxylation is 1. The van der Waals surface area contributed by atoms with Crippen molar-refractivity contribution in [2.24, 2.45) is 0 Å². The van der Waals surface area contributed by atoms with E-state index in [2.05, 4.69) is 29.7 Å². The second-order valence-corrected chi connectivity index (χ2v) is 4.92. The normalized spacial score (nSPS) is 10.5. The predicted octanol–water partition coefficient (Wildman–Crippen LogP) is 1.16. The number of carbonyl (C=O) groups is 1. The highest BCUT2D eigenvalue weighted by atomic mass is 32.1. The van der Waals surface area contributed by atoms with Crippen molar-refractivity contribution in [2.45, 2.75) is 19.9 Å². The molecule has 1 aromatic heterocycles. The van der Waals surface area contributed by atoms with Gasteiger partial charge in [0.05, 0.1) is 13.2 Å². The van der Waals surface area contributed by atoms with E-state index < -0.39 is 0 Å². The van der Waals surface area contributed by atoms with Crippen molar-refractivity contribution in [2.75, 3.05) is 26.8 Å². The molecular weight excluding hydrogens is 236 g/mol. The Morgan fingerprint density at radius 1 is 1.41 bits per heavy atom. The zero-order chi connectivity index (χ0) is 12.5. The summed E-state index contributed by atoms with van der Waals surface area (Å²) in [5.41, 5.74) is 0. The van der Waals surface area contributed by atoms with Crippen LogP contribution in [0.4, 0.5) is 0 Å². The van der Waals surface area contributed by atoms with Gasteiger partial charge in [0, 0.05) is 30.0 Å². The summed E-state index contributed by atoms with van der Waals surface area (Å²) < 4.78 is 4.85. The van der Waals surface area contributed by atoms with Crippen LogP contribution in [0.3, 0.4) is 0 Å². The van der Waals surface area contributed by atoms with Gasteiger partial charge in [0.25, 0.3) is 0 Å². The highest BCUT2D eigenvalue weighted by Crippen LogP contribution is 2.16. The zero-order valence-electron chi connectivity index (χ0n) is 10.4. The quantitative estimate of drug-likeness (QED) is 0.686.